The number of benzene rings is 1. The van der Waals surface area contributed by atoms with Crippen LogP contribution in [-0.2, 0) is 14.6 Å². The number of carbonyl (C=O) groups excluding carboxylic acids is 1. The van der Waals surface area contributed by atoms with E-state index in [1.54, 1.807) is 0 Å². The van der Waals surface area contributed by atoms with Gasteiger partial charge in [-0.25, -0.2) is 22.5 Å². The number of halogens is 1. The summed E-state index contributed by atoms with van der Waals surface area (Å²) in [6, 6.07) is 12.3. The number of amides is 1. The number of nitriles is 1. The van der Waals surface area contributed by atoms with Gasteiger partial charge in [-0.3, -0.25) is 4.79 Å². The lowest BCUT2D eigenvalue weighted by atomic mass is 9.75. The van der Waals surface area contributed by atoms with E-state index in [0.717, 1.165) is 36.1 Å². The highest BCUT2D eigenvalue weighted by Crippen LogP contribution is 2.43. The fraction of sp³-hybridized carbons (Fsp3) is 0.500. The van der Waals surface area contributed by atoms with Crippen LogP contribution in [0, 0.1) is 35.9 Å². The van der Waals surface area contributed by atoms with Crippen molar-refractivity contribution in [3.63, 3.8) is 0 Å². The van der Waals surface area contributed by atoms with Gasteiger partial charge >= 0.3 is 0 Å². The maximum Gasteiger partial charge on any atom is 0.224 e. The van der Waals surface area contributed by atoms with Crippen molar-refractivity contribution in [2.24, 2.45) is 11.8 Å². The molecule has 230 valence electrons. The average molecular weight is 609 g/mol. The predicted molar refractivity (Wildman–Crippen MR) is 166 cm³/mol. The monoisotopic (exact) mass is 608 g/mol. The molecule has 1 N–H and O–H groups in total. The molecule has 2 aromatic heterocycles. The molecule has 43 heavy (non-hydrogen) atoms. The zero-order valence-corrected chi connectivity index (χ0v) is 26.4. The first-order valence-electron chi connectivity index (χ1n) is 14.9. The van der Waals surface area contributed by atoms with Crippen LogP contribution in [0.4, 0.5) is 10.1 Å². The van der Waals surface area contributed by atoms with Gasteiger partial charge < -0.3 is 10.2 Å². The number of sulfone groups is 1. The largest absolute Gasteiger partial charge is 0.371 e. The van der Waals surface area contributed by atoms with Gasteiger partial charge in [0.05, 0.1) is 23.2 Å². The van der Waals surface area contributed by atoms with Crippen molar-refractivity contribution in [3.05, 3.63) is 59.8 Å². The summed E-state index contributed by atoms with van der Waals surface area (Å²) >= 11 is 0. The van der Waals surface area contributed by atoms with Gasteiger partial charge in [-0.2, -0.15) is 10.4 Å². The topological polar surface area (TPSA) is 121 Å². The number of hydrogen-bond donors (Lipinski definition) is 1. The first-order chi connectivity index (χ1) is 20.4. The second kappa shape index (κ2) is 13.7. The lowest BCUT2D eigenvalue weighted by Gasteiger charge is -2.31. The summed E-state index contributed by atoms with van der Waals surface area (Å²) in [5, 5.41) is 17.5. The molecular formula is C32H41FN6O3S. The minimum Gasteiger partial charge on any atom is -0.371 e. The molecule has 9 nitrogen and oxygen atoms in total. The summed E-state index contributed by atoms with van der Waals surface area (Å²) in [4.78, 5) is 19.9. The van der Waals surface area contributed by atoms with E-state index in [0.29, 0.717) is 30.9 Å². The van der Waals surface area contributed by atoms with E-state index in [2.05, 4.69) is 16.4 Å². The summed E-state index contributed by atoms with van der Waals surface area (Å²) in [7, 11) is -3.11. The van der Waals surface area contributed by atoms with Crippen molar-refractivity contribution in [1.29, 1.82) is 5.26 Å². The zero-order chi connectivity index (χ0) is 31.3. The SMILES string of the molecule is CCN(CCS(C)(=O)=O)c1ccc(-c2c([C@@H]3CCCC[C@H]3C(=O)N[C@H](C#N)C(C)C)nn(-c3ncccc3F)c2C)cc1. The van der Waals surface area contributed by atoms with E-state index in [4.69, 9.17) is 5.10 Å². The van der Waals surface area contributed by atoms with Gasteiger partial charge in [-0.15, -0.1) is 0 Å². The van der Waals surface area contributed by atoms with E-state index >= 15 is 0 Å². The third-order valence-electron chi connectivity index (χ3n) is 8.28. The van der Waals surface area contributed by atoms with E-state index in [1.165, 1.54) is 29.3 Å². The van der Waals surface area contributed by atoms with Gasteiger partial charge in [-0.05, 0) is 62.4 Å². The molecule has 3 atom stereocenters. The highest BCUT2D eigenvalue weighted by molar-refractivity contribution is 7.90. The number of nitrogens with one attached hydrogen (secondary N) is 1. The smallest absolute Gasteiger partial charge is 0.224 e. The molecule has 0 spiro atoms. The number of anilines is 1. The second-order valence-corrected chi connectivity index (χ2v) is 13.9. The first kappa shape index (κ1) is 32.1. The molecule has 0 saturated heterocycles. The van der Waals surface area contributed by atoms with Crippen molar-refractivity contribution < 1.29 is 17.6 Å². The van der Waals surface area contributed by atoms with E-state index in [-0.39, 0.29) is 35.2 Å². The summed E-state index contributed by atoms with van der Waals surface area (Å²) in [6.45, 7) is 8.70. The molecule has 0 aliphatic heterocycles. The molecule has 0 unspecified atom stereocenters. The molecular weight excluding hydrogens is 567 g/mol. The molecule has 1 aliphatic carbocycles. The van der Waals surface area contributed by atoms with Crippen molar-refractivity contribution in [3.8, 4) is 23.0 Å². The Morgan fingerprint density at radius 1 is 1.21 bits per heavy atom. The first-order valence-corrected chi connectivity index (χ1v) is 16.9. The van der Waals surface area contributed by atoms with E-state index in [1.807, 2.05) is 56.9 Å². The molecule has 1 amide bonds. The fourth-order valence-electron chi connectivity index (χ4n) is 5.84. The third kappa shape index (κ3) is 7.42. The van der Waals surface area contributed by atoms with Crippen LogP contribution in [0.1, 0.15) is 63.8 Å². The van der Waals surface area contributed by atoms with Crippen LogP contribution in [0.25, 0.3) is 16.9 Å². The Hall–Kier alpha value is -3.78. The molecule has 11 heteroatoms. The van der Waals surface area contributed by atoms with Crippen molar-refractivity contribution >= 4 is 21.4 Å². The fourth-order valence-corrected chi connectivity index (χ4v) is 6.40. The van der Waals surface area contributed by atoms with E-state index < -0.39 is 21.7 Å². The zero-order valence-electron chi connectivity index (χ0n) is 25.5. The summed E-state index contributed by atoms with van der Waals surface area (Å²) < 4.78 is 40.0. The maximum atomic E-state index is 15.0. The summed E-state index contributed by atoms with van der Waals surface area (Å²) in [6.07, 6.45) is 5.98. The molecule has 0 radical (unpaired) electrons. The predicted octanol–water partition coefficient (Wildman–Crippen LogP) is 5.19. The third-order valence-corrected chi connectivity index (χ3v) is 9.20. The lowest BCUT2D eigenvalue weighted by Crippen LogP contribution is -2.43. The molecule has 1 saturated carbocycles. The molecule has 1 aliphatic rings. The van der Waals surface area contributed by atoms with Crippen LogP contribution in [0.2, 0.25) is 0 Å². The average Bonchev–Trinajstić information content (AvgIpc) is 3.32. The number of hydrogen-bond acceptors (Lipinski definition) is 7. The molecule has 4 rings (SSSR count). The highest BCUT2D eigenvalue weighted by atomic mass is 32.2. The molecule has 1 fully saturated rings. The number of nitrogens with zero attached hydrogens (tertiary/aromatic N) is 5. The van der Waals surface area contributed by atoms with Gasteiger partial charge in [0.25, 0.3) is 0 Å². The van der Waals surface area contributed by atoms with Gasteiger partial charge in [0.1, 0.15) is 15.9 Å². The summed E-state index contributed by atoms with van der Waals surface area (Å²) in [5.41, 5.74) is 3.98. The number of aromatic nitrogens is 3. The van der Waals surface area contributed by atoms with Crippen molar-refractivity contribution in [2.75, 3.05) is 30.0 Å². The Kier molecular flexibility index (Phi) is 10.2. The molecule has 1 aromatic carbocycles. The molecule has 3 aromatic rings. The van der Waals surface area contributed by atoms with Gasteiger partial charge in [0.15, 0.2) is 11.6 Å². The Morgan fingerprint density at radius 3 is 2.51 bits per heavy atom. The van der Waals surface area contributed by atoms with Crippen LogP contribution in [-0.4, -0.2) is 60.2 Å². The summed E-state index contributed by atoms with van der Waals surface area (Å²) in [5.74, 6) is -1.16. The van der Waals surface area contributed by atoms with Crippen molar-refractivity contribution in [1.82, 2.24) is 20.1 Å². The highest BCUT2D eigenvalue weighted by Gasteiger charge is 2.37. The number of carbonyl (C=O) groups is 1. The van der Waals surface area contributed by atoms with Crippen LogP contribution < -0.4 is 10.2 Å². The van der Waals surface area contributed by atoms with Crippen LogP contribution >= 0.6 is 0 Å². The van der Waals surface area contributed by atoms with Gasteiger partial charge in [-0.1, -0.05) is 38.8 Å². The second-order valence-electron chi connectivity index (χ2n) is 11.7. The molecule has 0 bridgehead atoms. The minimum atomic E-state index is -3.11. The van der Waals surface area contributed by atoms with Crippen LogP contribution in [0.15, 0.2) is 42.6 Å². The molecule has 2 heterocycles. The van der Waals surface area contributed by atoms with Crippen molar-refractivity contribution in [2.45, 2.75) is 65.3 Å². The Labute approximate surface area is 254 Å². The normalized spacial score (nSPS) is 17.8. The maximum absolute atomic E-state index is 15.0. The Morgan fingerprint density at radius 2 is 1.91 bits per heavy atom. The lowest BCUT2D eigenvalue weighted by molar-refractivity contribution is -0.127. The number of pyridine rings is 1. The Bertz CT molecular complexity index is 1580. The minimum absolute atomic E-state index is 0.0289. The van der Waals surface area contributed by atoms with E-state index in [9.17, 15) is 22.9 Å². The standard InChI is InChI=1S/C32H41FN6O3S/c1-6-38(18-19-43(5,41)42)24-15-13-23(14-16-24)29-22(4)39(31-27(33)12-9-17-35-31)37-30(29)25-10-7-8-11-26(25)32(40)36-28(20-34)21(2)3/h9,12-17,21,25-26,28H,6-8,10-11,18-19H2,1-5H3,(H,36,40)/t25-,26-,28-/m1/s1. The Balaban J connectivity index is 1.79. The van der Waals surface area contributed by atoms with Crippen LogP contribution in [0.5, 0.6) is 0 Å². The quantitative estimate of drug-likeness (QED) is 0.318. The van der Waals surface area contributed by atoms with Gasteiger partial charge in [0.2, 0.25) is 5.91 Å². The number of rotatable bonds is 11. The van der Waals surface area contributed by atoms with Gasteiger partial charge in [0, 0.05) is 48.6 Å². The van der Waals surface area contributed by atoms with Crippen LogP contribution in [0.3, 0.4) is 0 Å².